The van der Waals surface area contributed by atoms with Crippen LogP contribution in [-0.4, -0.2) is 37.2 Å². The van der Waals surface area contributed by atoms with E-state index in [0.29, 0.717) is 10.8 Å². The Hall–Kier alpha value is -2.28. The number of halogens is 1. The van der Waals surface area contributed by atoms with E-state index in [4.69, 9.17) is 21.1 Å². The second kappa shape index (κ2) is 9.88. The fourth-order valence-corrected chi connectivity index (χ4v) is 2.30. The number of rotatable bonds is 7. The normalized spacial score (nSPS) is 11.4. The largest absolute Gasteiger partial charge is 0.481 e. The first-order chi connectivity index (χ1) is 11.7. The average Bonchev–Trinajstić information content (AvgIpc) is 2.51. The van der Waals surface area contributed by atoms with Crippen LogP contribution in [-0.2, 0) is 14.3 Å². The second-order valence-corrected chi connectivity index (χ2v) is 6.09. The number of amides is 3. The van der Waals surface area contributed by atoms with Crippen molar-refractivity contribution in [3.63, 3.8) is 0 Å². The van der Waals surface area contributed by atoms with Crippen LogP contribution < -0.4 is 15.4 Å². The molecule has 3 amide bonds. The summed E-state index contributed by atoms with van der Waals surface area (Å²) < 4.78 is 10.2. The van der Waals surface area contributed by atoms with Crippen molar-refractivity contribution in [2.45, 2.75) is 40.2 Å². The minimum Gasteiger partial charge on any atom is -0.481 e. The fourth-order valence-electron chi connectivity index (χ4n) is 1.97. The SMILES string of the molecule is CC[C@@H](C)NC(=O)NC(=O)COC(=O)COc1c(C)cc(Cl)cc1C. The highest BCUT2D eigenvalue weighted by molar-refractivity contribution is 6.30. The lowest BCUT2D eigenvalue weighted by Crippen LogP contribution is -2.44. The number of nitrogens with one attached hydrogen (secondary N) is 2. The zero-order valence-corrected chi connectivity index (χ0v) is 15.5. The summed E-state index contributed by atoms with van der Waals surface area (Å²) in [7, 11) is 0. The van der Waals surface area contributed by atoms with Gasteiger partial charge in [-0.05, 0) is 50.5 Å². The maximum absolute atomic E-state index is 11.7. The molecule has 2 N–H and O–H groups in total. The number of carbonyl (C=O) groups excluding carboxylic acids is 3. The summed E-state index contributed by atoms with van der Waals surface area (Å²) in [6.07, 6.45) is 0.734. The molecule has 0 fully saturated rings. The molecule has 0 saturated carbocycles. The lowest BCUT2D eigenvalue weighted by molar-refractivity contribution is -0.150. The highest BCUT2D eigenvalue weighted by Gasteiger charge is 2.14. The van der Waals surface area contributed by atoms with E-state index < -0.39 is 24.5 Å². The quantitative estimate of drug-likeness (QED) is 0.719. The Kier molecular flexibility index (Phi) is 8.21. The van der Waals surface area contributed by atoms with Gasteiger partial charge in [0.2, 0.25) is 0 Å². The molecule has 0 aliphatic rings. The smallest absolute Gasteiger partial charge is 0.344 e. The van der Waals surface area contributed by atoms with E-state index >= 15 is 0 Å². The van der Waals surface area contributed by atoms with Crippen molar-refractivity contribution in [1.29, 1.82) is 0 Å². The molecule has 0 heterocycles. The molecule has 1 rings (SSSR count). The van der Waals surface area contributed by atoms with Gasteiger partial charge in [-0.1, -0.05) is 18.5 Å². The summed E-state index contributed by atoms with van der Waals surface area (Å²) in [5.74, 6) is -0.891. The standard InChI is InChI=1S/C17H23ClN2O5/c1-5-12(4)19-17(23)20-14(21)8-24-15(22)9-25-16-10(2)6-13(18)7-11(16)3/h6-7,12H,5,8-9H2,1-4H3,(H2,19,20,21,23)/t12-/m1/s1. The molecule has 0 aliphatic heterocycles. The van der Waals surface area contributed by atoms with Gasteiger partial charge in [-0.2, -0.15) is 0 Å². The molecule has 0 bridgehead atoms. The lowest BCUT2D eigenvalue weighted by atomic mass is 10.1. The van der Waals surface area contributed by atoms with Crippen molar-refractivity contribution in [2.75, 3.05) is 13.2 Å². The van der Waals surface area contributed by atoms with E-state index in [2.05, 4.69) is 10.6 Å². The molecule has 1 aromatic rings. The van der Waals surface area contributed by atoms with Crippen LogP contribution in [0.1, 0.15) is 31.4 Å². The Morgan fingerprint density at radius 1 is 1.16 bits per heavy atom. The van der Waals surface area contributed by atoms with Gasteiger partial charge in [-0.25, -0.2) is 9.59 Å². The van der Waals surface area contributed by atoms with Crippen molar-refractivity contribution in [3.8, 4) is 5.75 Å². The number of hydrogen-bond donors (Lipinski definition) is 2. The van der Waals surface area contributed by atoms with Crippen LogP contribution in [0.2, 0.25) is 5.02 Å². The third kappa shape index (κ3) is 7.43. The zero-order valence-electron chi connectivity index (χ0n) is 14.8. The number of carbonyl (C=O) groups is 3. The van der Waals surface area contributed by atoms with Crippen LogP contribution in [0, 0.1) is 13.8 Å². The van der Waals surface area contributed by atoms with Crippen LogP contribution >= 0.6 is 11.6 Å². The summed E-state index contributed by atoms with van der Waals surface area (Å²) in [6, 6.07) is 2.76. The van der Waals surface area contributed by atoms with E-state index in [1.165, 1.54) is 0 Å². The molecule has 0 radical (unpaired) electrons. The van der Waals surface area contributed by atoms with E-state index in [-0.39, 0.29) is 12.6 Å². The Labute approximate surface area is 152 Å². The number of urea groups is 1. The third-order valence-corrected chi connectivity index (χ3v) is 3.58. The van der Waals surface area contributed by atoms with Gasteiger partial charge in [0.1, 0.15) is 5.75 Å². The Balaban J connectivity index is 2.38. The molecule has 0 spiro atoms. The molecule has 1 aromatic carbocycles. The molecule has 25 heavy (non-hydrogen) atoms. The summed E-state index contributed by atoms with van der Waals surface area (Å²) >= 11 is 5.93. The maximum atomic E-state index is 11.7. The Bertz CT molecular complexity index is 625. The Morgan fingerprint density at radius 3 is 2.32 bits per heavy atom. The summed E-state index contributed by atoms with van der Waals surface area (Å²) in [6.45, 7) is 6.41. The maximum Gasteiger partial charge on any atom is 0.344 e. The summed E-state index contributed by atoms with van der Waals surface area (Å²) in [5, 5.41) is 5.22. The zero-order chi connectivity index (χ0) is 19.0. The van der Waals surface area contributed by atoms with Gasteiger partial charge < -0.3 is 14.8 Å². The number of ether oxygens (including phenoxy) is 2. The van der Waals surface area contributed by atoms with Gasteiger partial charge in [-0.3, -0.25) is 10.1 Å². The molecule has 0 aliphatic carbocycles. The van der Waals surface area contributed by atoms with Crippen molar-refractivity contribution in [1.82, 2.24) is 10.6 Å². The van der Waals surface area contributed by atoms with E-state index in [0.717, 1.165) is 17.5 Å². The van der Waals surface area contributed by atoms with Gasteiger partial charge in [0.05, 0.1) is 0 Å². The average molecular weight is 371 g/mol. The van der Waals surface area contributed by atoms with Crippen molar-refractivity contribution >= 4 is 29.5 Å². The van der Waals surface area contributed by atoms with Crippen molar-refractivity contribution in [3.05, 3.63) is 28.3 Å². The van der Waals surface area contributed by atoms with Gasteiger partial charge in [0.25, 0.3) is 5.91 Å². The van der Waals surface area contributed by atoms with Crippen molar-refractivity contribution in [2.24, 2.45) is 0 Å². The number of esters is 1. The third-order valence-electron chi connectivity index (χ3n) is 3.37. The predicted molar refractivity (Wildman–Crippen MR) is 93.8 cm³/mol. The number of imide groups is 1. The second-order valence-electron chi connectivity index (χ2n) is 5.65. The molecule has 0 aromatic heterocycles. The molecular formula is C17H23ClN2O5. The molecule has 0 saturated heterocycles. The van der Waals surface area contributed by atoms with Crippen LogP contribution in [0.25, 0.3) is 0 Å². The highest BCUT2D eigenvalue weighted by atomic mass is 35.5. The number of aryl methyl sites for hydroxylation is 2. The number of hydrogen-bond acceptors (Lipinski definition) is 5. The van der Waals surface area contributed by atoms with Crippen molar-refractivity contribution < 1.29 is 23.9 Å². The number of benzene rings is 1. The topological polar surface area (TPSA) is 93.7 Å². The Morgan fingerprint density at radius 2 is 1.76 bits per heavy atom. The van der Waals surface area contributed by atoms with Crippen LogP contribution in [0.5, 0.6) is 5.75 Å². The van der Waals surface area contributed by atoms with Gasteiger partial charge in [0, 0.05) is 11.1 Å². The first-order valence-corrected chi connectivity index (χ1v) is 8.26. The summed E-state index contributed by atoms with van der Waals surface area (Å²) in [5.41, 5.74) is 1.58. The van der Waals surface area contributed by atoms with Gasteiger partial charge in [-0.15, -0.1) is 0 Å². The molecule has 8 heteroatoms. The summed E-state index contributed by atoms with van der Waals surface area (Å²) in [4.78, 5) is 34.7. The monoisotopic (exact) mass is 370 g/mol. The molecule has 1 atom stereocenters. The van der Waals surface area contributed by atoms with Gasteiger partial charge in [0.15, 0.2) is 13.2 Å². The van der Waals surface area contributed by atoms with E-state index in [9.17, 15) is 14.4 Å². The first-order valence-electron chi connectivity index (χ1n) is 7.88. The van der Waals surface area contributed by atoms with E-state index in [1.807, 2.05) is 27.7 Å². The molecular weight excluding hydrogens is 348 g/mol. The van der Waals surface area contributed by atoms with Gasteiger partial charge >= 0.3 is 12.0 Å². The minimum atomic E-state index is -0.716. The van der Waals surface area contributed by atoms with Crippen LogP contribution in [0.3, 0.4) is 0 Å². The van der Waals surface area contributed by atoms with Crippen LogP contribution in [0.15, 0.2) is 12.1 Å². The first kappa shape index (κ1) is 20.8. The predicted octanol–water partition coefficient (Wildman–Crippen LogP) is 2.50. The van der Waals surface area contributed by atoms with Crippen LogP contribution in [0.4, 0.5) is 4.79 Å². The molecule has 0 unspecified atom stereocenters. The van der Waals surface area contributed by atoms with E-state index in [1.54, 1.807) is 12.1 Å². The lowest BCUT2D eigenvalue weighted by Gasteiger charge is -2.13. The minimum absolute atomic E-state index is 0.0606. The highest BCUT2D eigenvalue weighted by Crippen LogP contribution is 2.26. The molecule has 138 valence electrons. The molecule has 7 nitrogen and oxygen atoms in total. The fraction of sp³-hybridized carbons (Fsp3) is 0.471.